The fourth-order valence-corrected chi connectivity index (χ4v) is 7.55. The summed E-state index contributed by atoms with van der Waals surface area (Å²) in [4.78, 5) is 2.37. The predicted molar refractivity (Wildman–Crippen MR) is 145 cm³/mol. The van der Waals surface area contributed by atoms with Crippen molar-refractivity contribution in [3.8, 4) is 5.75 Å². The SMILES string of the molecule is CS(=O)(=O)c1ccc(OS(=O)(=O)C(F)(F)C(F)(F)C2CC3CCC2C3)cc1.c1ccc(Sc2ccccc2)cc1. The molecule has 5 nitrogen and oxygen atoms in total. The average molecular weight is 617 g/mol. The van der Waals surface area contributed by atoms with Crippen molar-refractivity contribution in [2.75, 3.05) is 6.26 Å². The number of halogens is 4. The minimum absolute atomic E-state index is 0.0752. The van der Waals surface area contributed by atoms with Crippen molar-refractivity contribution >= 4 is 31.7 Å². The summed E-state index contributed by atoms with van der Waals surface area (Å²) in [6.45, 7) is 0. The van der Waals surface area contributed by atoms with E-state index in [-0.39, 0.29) is 17.2 Å². The largest absolute Gasteiger partial charge is 0.442 e. The molecule has 2 aliphatic rings. The summed E-state index contributed by atoms with van der Waals surface area (Å²) in [7, 11) is -9.61. The molecule has 2 aliphatic carbocycles. The van der Waals surface area contributed by atoms with Gasteiger partial charge in [0.05, 0.1) is 4.90 Å². The van der Waals surface area contributed by atoms with E-state index in [1.54, 1.807) is 11.8 Å². The smallest absolute Gasteiger partial charge is 0.378 e. The Labute approximate surface area is 236 Å². The number of hydrogen-bond donors (Lipinski definition) is 0. The van der Waals surface area contributed by atoms with Crippen LogP contribution in [0, 0.1) is 17.8 Å². The quantitative estimate of drug-likeness (QED) is 0.195. The number of sulfone groups is 1. The van der Waals surface area contributed by atoms with E-state index in [4.69, 9.17) is 0 Å². The van der Waals surface area contributed by atoms with Gasteiger partial charge >= 0.3 is 21.3 Å². The fourth-order valence-electron chi connectivity index (χ4n) is 5.11. The Kier molecular flexibility index (Phi) is 8.91. The molecule has 3 aromatic rings. The average Bonchev–Trinajstić information content (AvgIpc) is 3.54. The Morgan fingerprint density at radius 2 is 1.27 bits per heavy atom. The van der Waals surface area contributed by atoms with Crippen molar-refractivity contribution in [3.63, 3.8) is 0 Å². The lowest BCUT2D eigenvalue weighted by molar-refractivity contribution is -0.202. The van der Waals surface area contributed by atoms with Crippen LogP contribution in [0.4, 0.5) is 17.6 Å². The van der Waals surface area contributed by atoms with Gasteiger partial charge in [0.25, 0.3) is 0 Å². The third-order valence-electron chi connectivity index (χ3n) is 7.09. The summed E-state index contributed by atoms with van der Waals surface area (Å²) < 4.78 is 108. The van der Waals surface area contributed by atoms with Crippen LogP contribution < -0.4 is 4.18 Å². The Balaban J connectivity index is 0.000000236. The molecule has 0 N–H and O–H groups in total. The van der Waals surface area contributed by atoms with Crippen molar-refractivity contribution in [1.82, 2.24) is 0 Å². The first kappa shape index (κ1) is 30.4. The van der Waals surface area contributed by atoms with E-state index in [2.05, 4.69) is 52.7 Å². The van der Waals surface area contributed by atoms with Crippen molar-refractivity contribution in [2.24, 2.45) is 17.8 Å². The molecular formula is C28H28F4O5S3. The van der Waals surface area contributed by atoms with Crippen LogP contribution in [0.25, 0.3) is 0 Å². The molecule has 3 atom stereocenters. The van der Waals surface area contributed by atoms with Crippen LogP contribution in [-0.4, -0.2) is 34.3 Å². The van der Waals surface area contributed by atoms with Gasteiger partial charge in [-0.2, -0.15) is 26.0 Å². The predicted octanol–water partition coefficient (Wildman–Crippen LogP) is 7.30. The van der Waals surface area contributed by atoms with E-state index in [1.807, 2.05) is 12.1 Å². The minimum atomic E-state index is -6.01. The molecular weight excluding hydrogens is 588 g/mol. The molecule has 40 heavy (non-hydrogen) atoms. The second-order valence-electron chi connectivity index (χ2n) is 9.93. The lowest BCUT2D eigenvalue weighted by atomic mass is 9.84. The lowest BCUT2D eigenvalue weighted by Gasteiger charge is -2.34. The van der Waals surface area contributed by atoms with Gasteiger partial charge in [0.15, 0.2) is 9.84 Å². The first-order valence-electron chi connectivity index (χ1n) is 12.5. The van der Waals surface area contributed by atoms with E-state index in [9.17, 15) is 34.4 Å². The summed E-state index contributed by atoms with van der Waals surface area (Å²) in [6.07, 6.45) is 2.24. The van der Waals surface area contributed by atoms with Crippen LogP contribution >= 0.6 is 11.8 Å². The molecule has 0 spiro atoms. The molecule has 5 rings (SSSR count). The zero-order valence-electron chi connectivity index (χ0n) is 21.4. The van der Waals surface area contributed by atoms with Crippen molar-refractivity contribution in [3.05, 3.63) is 84.9 Å². The summed E-state index contributed by atoms with van der Waals surface area (Å²) >= 11 is 1.79. The molecule has 2 bridgehead atoms. The van der Waals surface area contributed by atoms with Gasteiger partial charge in [-0.1, -0.05) is 54.6 Å². The number of alkyl halides is 4. The lowest BCUT2D eigenvalue weighted by Crippen LogP contribution is -2.54. The van der Waals surface area contributed by atoms with Crippen LogP contribution in [0.5, 0.6) is 5.75 Å². The maximum absolute atomic E-state index is 14.5. The van der Waals surface area contributed by atoms with Gasteiger partial charge in [0.2, 0.25) is 0 Å². The van der Waals surface area contributed by atoms with Gasteiger partial charge < -0.3 is 4.18 Å². The molecule has 0 radical (unpaired) electrons. The highest BCUT2D eigenvalue weighted by Gasteiger charge is 2.72. The van der Waals surface area contributed by atoms with E-state index < -0.39 is 48.7 Å². The zero-order chi connectivity index (χ0) is 29.2. The van der Waals surface area contributed by atoms with E-state index >= 15 is 0 Å². The standard InChI is InChI=1S/C16H18F4O5S2.C12H10S/c1-26(21,22)13-6-4-12(5-7-13)25-27(23,24)16(19,20)15(17,18)14-9-10-2-3-11(14)8-10;1-3-7-11(8-4-1)13-12-9-5-2-6-10-12/h4-7,10-11,14H,2-3,8-9H2,1H3;1-10H. The number of hydrogen-bond acceptors (Lipinski definition) is 6. The summed E-state index contributed by atoms with van der Waals surface area (Å²) in [6, 6.07) is 24.3. The van der Waals surface area contributed by atoms with Crippen molar-refractivity contribution < 1.29 is 38.6 Å². The first-order chi connectivity index (χ1) is 18.7. The maximum Gasteiger partial charge on any atom is 0.442 e. The number of fused-ring (bicyclic) bond motifs is 2. The molecule has 3 aromatic carbocycles. The monoisotopic (exact) mass is 616 g/mol. The van der Waals surface area contributed by atoms with Gasteiger partial charge in [0.1, 0.15) is 5.75 Å². The Hall–Kier alpha value is -2.57. The van der Waals surface area contributed by atoms with Crippen LogP contribution in [-0.2, 0) is 20.0 Å². The van der Waals surface area contributed by atoms with E-state index in [1.165, 1.54) is 9.79 Å². The first-order valence-corrected chi connectivity index (χ1v) is 16.6. The molecule has 2 fully saturated rings. The molecule has 2 saturated carbocycles. The maximum atomic E-state index is 14.5. The van der Waals surface area contributed by atoms with Gasteiger partial charge in [-0.15, -0.1) is 0 Å². The summed E-state index contributed by atoms with van der Waals surface area (Å²) in [5.41, 5.74) is 0. The second kappa shape index (κ2) is 11.7. The van der Waals surface area contributed by atoms with Gasteiger partial charge in [0, 0.05) is 22.0 Å². The van der Waals surface area contributed by atoms with Crippen LogP contribution in [0.2, 0.25) is 0 Å². The highest BCUT2D eigenvalue weighted by atomic mass is 32.2. The van der Waals surface area contributed by atoms with Gasteiger partial charge in [-0.3, -0.25) is 0 Å². The summed E-state index contributed by atoms with van der Waals surface area (Å²) in [5, 5.41) is -5.41. The molecule has 12 heteroatoms. The topological polar surface area (TPSA) is 77.5 Å². The normalized spacial score (nSPS) is 21.0. The summed E-state index contributed by atoms with van der Waals surface area (Å²) in [5.74, 6) is -7.85. The molecule has 0 aromatic heterocycles. The second-order valence-corrected chi connectivity index (χ2v) is 14.7. The van der Waals surface area contributed by atoms with Crippen molar-refractivity contribution in [1.29, 1.82) is 0 Å². The molecule has 0 heterocycles. The van der Waals surface area contributed by atoms with Gasteiger partial charge in [-0.05, 0) is 79.6 Å². The highest BCUT2D eigenvalue weighted by Crippen LogP contribution is 2.58. The van der Waals surface area contributed by atoms with E-state index in [0.29, 0.717) is 19.3 Å². The third-order valence-corrected chi connectivity index (χ3v) is 10.5. The van der Waals surface area contributed by atoms with Crippen LogP contribution in [0.3, 0.4) is 0 Å². The zero-order valence-corrected chi connectivity index (χ0v) is 23.9. The third kappa shape index (κ3) is 6.66. The molecule has 0 aliphatic heterocycles. The van der Waals surface area contributed by atoms with E-state index in [0.717, 1.165) is 30.5 Å². The highest BCUT2D eigenvalue weighted by molar-refractivity contribution is 7.99. The molecule has 0 amide bonds. The minimum Gasteiger partial charge on any atom is -0.378 e. The molecule has 0 saturated heterocycles. The molecule has 3 unspecified atom stereocenters. The van der Waals surface area contributed by atoms with Gasteiger partial charge in [-0.25, -0.2) is 8.42 Å². The number of benzene rings is 3. The van der Waals surface area contributed by atoms with Crippen LogP contribution in [0.15, 0.2) is 99.6 Å². The Bertz CT molecular complexity index is 1460. The Morgan fingerprint density at radius 1 is 0.750 bits per heavy atom. The molecule has 216 valence electrons. The van der Waals surface area contributed by atoms with Crippen LogP contribution in [0.1, 0.15) is 25.7 Å². The van der Waals surface area contributed by atoms with Crippen molar-refractivity contribution in [2.45, 2.75) is 51.5 Å². The Morgan fingerprint density at radius 3 is 1.70 bits per heavy atom. The number of rotatable bonds is 8. The fraction of sp³-hybridized carbons (Fsp3) is 0.357.